The van der Waals surface area contributed by atoms with E-state index in [0.717, 1.165) is 36.0 Å². The van der Waals surface area contributed by atoms with Crippen LogP contribution in [-0.4, -0.2) is 58.4 Å². The number of carbonyl (C=O) groups is 1. The van der Waals surface area contributed by atoms with Crippen LogP contribution in [0.15, 0.2) is 42.5 Å². The molecular formula is C20H25N3O4. The van der Waals surface area contributed by atoms with Crippen LogP contribution in [0.2, 0.25) is 0 Å². The van der Waals surface area contributed by atoms with Crippen LogP contribution in [0.25, 0.3) is 0 Å². The molecule has 0 radical (unpaired) electrons. The number of methoxy groups -OCH3 is 3. The number of piperazine rings is 1. The van der Waals surface area contributed by atoms with Gasteiger partial charge in [-0.1, -0.05) is 6.07 Å². The van der Waals surface area contributed by atoms with Crippen molar-refractivity contribution in [3.05, 3.63) is 42.5 Å². The van der Waals surface area contributed by atoms with Crippen LogP contribution in [0.3, 0.4) is 0 Å². The Morgan fingerprint density at radius 1 is 0.889 bits per heavy atom. The van der Waals surface area contributed by atoms with E-state index in [4.69, 9.17) is 14.2 Å². The Kier molecular flexibility index (Phi) is 5.90. The zero-order chi connectivity index (χ0) is 19.2. The summed E-state index contributed by atoms with van der Waals surface area (Å²) in [6, 6.07) is 13.0. The fourth-order valence-electron chi connectivity index (χ4n) is 3.10. The van der Waals surface area contributed by atoms with Crippen molar-refractivity contribution < 1.29 is 19.0 Å². The number of nitrogens with zero attached hydrogens (tertiary/aromatic N) is 2. The zero-order valence-corrected chi connectivity index (χ0v) is 15.9. The maximum Gasteiger partial charge on any atom is 0.321 e. The first-order valence-corrected chi connectivity index (χ1v) is 8.81. The predicted octanol–water partition coefficient (Wildman–Crippen LogP) is 3.07. The van der Waals surface area contributed by atoms with Crippen LogP contribution in [0.1, 0.15) is 0 Å². The van der Waals surface area contributed by atoms with E-state index in [1.54, 1.807) is 27.4 Å². The number of benzene rings is 2. The number of hydrogen-bond acceptors (Lipinski definition) is 5. The van der Waals surface area contributed by atoms with Crippen LogP contribution >= 0.6 is 0 Å². The minimum atomic E-state index is -0.111. The molecule has 0 unspecified atom stereocenters. The topological polar surface area (TPSA) is 63.3 Å². The lowest BCUT2D eigenvalue weighted by Crippen LogP contribution is -2.50. The monoisotopic (exact) mass is 371 g/mol. The molecule has 0 aliphatic carbocycles. The molecule has 7 heteroatoms. The van der Waals surface area contributed by atoms with Crippen molar-refractivity contribution in [2.75, 3.05) is 57.7 Å². The van der Waals surface area contributed by atoms with E-state index in [0.29, 0.717) is 18.8 Å². The van der Waals surface area contributed by atoms with Crippen molar-refractivity contribution in [2.24, 2.45) is 0 Å². The summed E-state index contributed by atoms with van der Waals surface area (Å²) >= 11 is 0. The van der Waals surface area contributed by atoms with Gasteiger partial charge in [0.05, 0.1) is 27.0 Å². The lowest BCUT2D eigenvalue weighted by atomic mass is 10.2. The molecule has 1 aliphatic rings. The summed E-state index contributed by atoms with van der Waals surface area (Å²) < 4.78 is 16.0. The van der Waals surface area contributed by atoms with E-state index in [9.17, 15) is 4.79 Å². The van der Waals surface area contributed by atoms with Crippen molar-refractivity contribution in [1.82, 2.24) is 4.90 Å². The fraction of sp³-hybridized carbons (Fsp3) is 0.350. The Morgan fingerprint density at radius 2 is 1.59 bits per heavy atom. The molecule has 0 aromatic heterocycles. The first-order chi connectivity index (χ1) is 13.1. The van der Waals surface area contributed by atoms with Gasteiger partial charge in [0.2, 0.25) is 0 Å². The number of hydrogen-bond donors (Lipinski definition) is 1. The Hall–Kier alpha value is -3.09. The van der Waals surface area contributed by atoms with Gasteiger partial charge in [-0.3, -0.25) is 0 Å². The number of amides is 2. The molecule has 1 saturated heterocycles. The molecule has 1 aliphatic heterocycles. The molecule has 0 saturated carbocycles. The van der Waals surface area contributed by atoms with Crippen LogP contribution < -0.4 is 24.4 Å². The summed E-state index contributed by atoms with van der Waals surface area (Å²) in [5.74, 6) is 2.29. The lowest BCUT2D eigenvalue weighted by molar-refractivity contribution is 0.208. The average molecular weight is 371 g/mol. The third kappa shape index (κ3) is 4.36. The first-order valence-electron chi connectivity index (χ1n) is 8.81. The number of carbonyl (C=O) groups excluding carboxylic acids is 1. The second-order valence-corrected chi connectivity index (χ2v) is 6.17. The van der Waals surface area contributed by atoms with Crippen molar-refractivity contribution in [2.45, 2.75) is 0 Å². The molecule has 1 N–H and O–H groups in total. The molecule has 2 aromatic rings. The standard InChI is InChI=1S/C20H25N3O4/c1-25-16-6-4-5-15(13-16)21-20(24)23-11-9-22(10-12-23)18-14-17(26-2)7-8-19(18)27-3/h4-8,13-14H,9-12H2,1-3H3,(H,21,24). The molecule has 3 rings (SSSR count). The minimum absolute atomic E-state index is 0.111. The second-order valence-electron chi connectivity index (χ2n) is 6.17. The first kappa shape index (κ1) is 18.7. The molecular weight excluding hydrogens is 346 g/mol. The zero-order valence-electron chi connectivity index (χ0n) is 15.9. The van der Waals surface area contributed by atoms with Gasteiger partial charge in [0.15, 0.2) is 0 Å². The van der Waals surface area contributed by atoms with Crippen LogP contribution in [0.4, 0.5) is 16.2 Å². The van der Waals surface area contributed by atoms with E-state index in [-0.39, 0.29) is 6.03 Å². The van der Waals surface area contributed by atoms with Gasteiger partial charge in [-0.05, 0) is 24.3 Å². The van der Waals surface area contributed by atoms with Crippen molar-refractivity contribution in [3.63, 3.8) is 0 Å². The van der Waals surface area contributed by atoms with Gasteiger partial charge < -0.3 is 29.3 Å². The summed E-state index contributed by atoms with van der Waals surface area (Å²) in [6.07, 6.45) is 0. The smallest absolute Gasteiger partial charge is 0.321 e. The highest BCUT2D eigenvalue weighted by Crippen LogP contribution is 2.33. The molecule has 1 fully saturated rings. The fourth-order valence-corrected chi connectivity index (χ4v) is 3.10. The number of anilines is 2. The Bertz CT molecular complexity index is 789. The number of urea groups is 1. The maximum atomic E-state index is 12.5. The average Bonchev–Trinajstić information content (AvgIpc) is 2.73. The molecule has 0 atom stereocenters. The van der Waals surface area contributed by atoms with Gasteiger partial charge in [0, 0.05) is 44.0 Å². The number of ether oxygens (including phenoxy) is 3. The van der Waals surface area contributed by atoms with E-state index >= 15 is 0 Å². The quantitative estimate of drug-likeness (QED) is 0.875. The van der Waals surface area contributed by atoms with Gasteiger partial charge in [-0.2, -0.15) is 0 Å². The van der Waals surface area contributed by atoms with Gasteiger partial charge in [0.1, 0.15) is 17.2 Å². The molecule has 144 valence electrons. The summed E-state index contributed by atoms with van der Waals surface area (Å²) in [6.45, 7) is 2.68. The lowest BCUT2D eigenvalue weighted by Gasteiger charge is -2.36. The van der Waals surface area contributed by atoms with Gasteiger partial charge in [0.25, 0.3) is 0 Å². The van der Waals surface area contributed by atoms with Gasteiger partial charge in [-0.15, -0.1) is 0 Å². The predicted molar refractivity (Wildman–Crippen MR) is 105 cm³/mol. The summed E-state index contributed by atoms with van der Waals surface area (Å²) in [7, 11) is 4.91. The molecule has 0 bridgehead atoms. The van der Waals surface area contributed by atoms with Gasteiger partial charge in [-0.25, -0.2) is 4.79 Å². The third-order valence-electron chi connectivity index (χ3n) is 4.61. The molecule has 1 heterocycles. The normalized spacial score (nSPS) is 13.9. The van der Waals surface area contributed by atoms with E-state index in [1.807, 2.05) is 41.3 Å². The van der Waals surface area contributed by atoms with Crippen molar-refractivity contribution in [3.8, 4) is 17.2 Å². The van der Waals surface area contributed by atoms with Crippen LogP contribution in [0, 0.1) is 0 Å². The van der Waals surface area contributed by atoms with Crippen molar-refractivity contribution >= 4 is 17.4 Å². The largest absolute Gasteiger partial charge is 0.497 e. The van der Waals surface area contributed by atoms with Gasteiger partial charge >= 0.3 is 6.03 Å². The molecule has 7 nitrogen and oxygen atoms in total. The Morgan fingerprint density at radius 3 is 2.26 bits per heavy atom. The van der Waals surface area contributed by atoms with E-state index in [2.05, 4.69) is 10.2 Å². The third-order valence-corrected chi connectivity index (χ3v) is 4.61. The molecule has 2 amide bonds. The van der Waals surface area contributed by atoms with E-state index in [1.165, 1.54) is 0 Å². The minimum Gasteiger partial charge on any atom is -0.497 e. The summed E-state index contributed by atoms with van der Waals surface area (Å²) in [5, 5.41) is 2.93. The Labute approximate surface area is 159 Å². The maximum absolute atomic E-state index is 12.5. The molecule has 2 aromatic carbocycles. The summed E-state index contributed by atoms with van der Waals surface area (Å²) in [5.41, 5.74) is 1.70. The second kappa shape index (κ2) is 8.53. The number of rotatable bonds is 5. The Balaban J connectivity index is 1.62. The molecule has 27 heavy (non-hydrogen) atoms. The van der Waals surface area contributed by atoms with E-state index < -0.39 is 0 Å². The highest BCUT2D eigenvalue weighted by molar-refractivity contribution is 5.89. The van der Waals surface area contributed by atoms with Crippen molar-refractivity contribution in [1.29, 1.82) is 0 Å². The highest BCUT2D eigenvalue weighted by atomic mass is 16.5. The SMILES string of the molecule is COc1cccc(NC(=O)N2CCN(c3cc(OC)ccc3OC)CC2)c1. The van der Waals surface area contributed by atoms with Crippen LogP contribution in [-0.2, 0) is 0 Å². The molecule has 0 spiro atoms. The van der Waals surface area contributed by atoms with Crippen LogP contribution in [0.5, 0.6) is 17.2 Å². The number of nitrogens with one attached hydrogen (secondary N) is 1. The summed E-state index contributed by atoms with van der Waals surface area (Å²) in [4.78, 5) is 16.6. The highest BCUT2D eigenvalue weighted by Gasteiger charge is 2.23.